The average Bonchev–Trinajstić information content (AvgIpc) is 3.47. The minimum absolute atomic E-state index is 0.0886. The Morgan fingerprint density at radius 1 is 1.27 bits per heavy atom. The minimum Gasteiger partial charge on any atom is -0.488 e. The summed E-state index contributed by atoms with van der Waals surface area (Å²) in [7, 11) is 0. The molecule has 0 aliphatic heterocycles. The number of carbonyl (C=O) groups is 1. The van der Waals surface area contributed by atoms with Crippen LogP contribution in [0.15, 0.2) is 30.3 Å². The number of aliphatic hydroxyl groups is 1. The number of benzene rings is 2. The Morgan fingerprint density at radius 2 is 2.04 bits per heavy atom. The van der Waals surface area contributed by atoms with Crippen molar-refractivity contribution in [1.29, 1.82) is 0 Å². The van der Waals surface area contributed by atoms with Crippen molar-refractivity contribution in [2.75, 3.05) is 0 Å². The van der Waals surface area contributed by atoms with Crippen molar-refractivity contribution in [2.45, 2.75) is 52.2 Å². The topological polar surface area (TPSA) is 55.8 Å². The quantitative estimate of drug-likeness (QED) is 0.589. The number of halogens is 1. The van der Waals surface area contributed by atoms with Gasteiger partial charge in [0.15, 0.2) is 0 Å². The van der Waals surface area contributed by atoms with Crippen LogP contribution in [-0.4, -0.2) is 11.1 Å². The van der Waals surface area contributed by atoms with Gasteiger partial charge in [-0.3, -0.25) is 4.79 Å². The van der Waals surface area contributed by atoms with Gasteiger partial charge in [-0.05, 0) is 54.5 Å². The molecule has 5 heteroatoms. The molecule has 26 heavy (non-hydrogen) atoms. The molecule has 1 saturated carbocycles. The molecule has 1 aliphatic carbocycles. The number of aliphatic hydroxyl groups excluding tert-OH is 1. The molecule has 0 bridgehead atoms. The second-order valence-corrected chi connectivity index (χ2v) is 6.58. The Kier molecular flexibility index (Phi) is 5.57. The lowest BCUT2D eigenvalue weighted by atomic mass is 10.1. The molecule has 0 spiro atoms. The zero-order valence-electron chi connectivity index (χ0n) is 15.0. The van der Waals surface area contributed by atoms with Gasteiger partial charge in [0.05, 0.1) is 6.61 Å². The molecule has 1 N–H and O–H groups in total. The van der Waals surface area contributed by atoms with Crippen LogP contribution in [0.5, 0.6) is 11.5 Å². The highest BCUT2D eigenvalue weighted by Crippen LogP contribution is 2.45. The normalized spacial score (nSPS) is 13.5. The minimum atomic E-state index is -0.360. The predicted octanol–water partition coefficient (Wildman–Crippen LogP) is 4.40. The van der Waals surface area contributed by atoms with E-state index < -0.39 is 0 Å². The average molecular weight is 358 g/mol. The number of hydrogen-bond acceptors (Lipinski definition) is 4. The Balaban J connectivity index is 1.88. The fourth-order valence-electron chi connectivity index (χ4n) is 2.89. The Labute approximate surface area is 152 Å². The highest BCUT2D eigenvalue weighted by Gasteiger charge is 2.28. The van der Waals surface area contributed by atoms with E-state index in [1.165, 1.54) is 6.07 Å². The number of esters is 1. The Hall–Kier alpha value is -2.40. The van der Waals surface area contributed by atoms with Crippen molar-refractivity contribution >= 4 is 5.97 Å². The van der Waals surface area contributed by atoms with E-state index >= 15 is 0 Å². The maximum Gasteiger partial charge on any atom is 0.310 e. The standard InChI is InChI=1S/C21H23FO4/c1-3-21(24)26-19-6-4-5-15(11-23)17(19)12-25-20-10-18(22)13(2)9-16(20)14-7-8-14/h4-6,9-10,14,23H,3,7-8,11-12H2,1-2H3. The second kappa shape index (κ2) is 7.87. The van der Waals surface area contributed by atoms with Crippen LogP contribution in [0.1, 0.15) is 54.4 Å². The van der Waals surface area contributed by atoms with Gasteiger partial charge in [-0.25, -0.2) is 4.39 Å². The number of aryl methyl sites for hydroxylation is 1. The monoisotopic (exact) mass is 358 g/mol. The third kappa shape index (κ3) is 4.05. The largest absolute Gasteiger partial charge is 0.488 e. The summed E-state index contributed by atoms with van der Waals surface area (Å²) in [6.07, 6.45) is 2.40. The maximum absolute atomic E-state index is 14.0. The smallest absolute Gasteiger partial charge is 0.310 e. The SMILES string of the molecule is CCC(=O)Oc1cccc(CO)c1COc1cc(F)c(C)cc1C1CC1. The van der Waals surface area contributed by atoms with Crippen LogP contribution in [0.25, 0.3) is 0 Å². The molecule has 4 nitrogen and oxygen atoms in total. The van der Waals surface area contributed by atoms with Crippen molar-refractivity contribution in [1.82, 2.24) is 0 Å². The fourth-order valence-corrected chi connectivity index (χ4v) is 2.89. The summed E-state index contributed by atoms with van der Waals surface area (Å²) in [5, 5.41) is 9.61. The Bertz CT molecular complexity index is 812. The molecule has 1 aliphatic rings. The maximum atomic E-state index is 14.0. The van der Waals surface area contributed by atoms with E-state index in [4.69, 9.17) is 9.47 Å². The summed E-state index contributed by atoms with van der Waals surface area (Å²) in [5.41, 5.74) is 2.83. The van der Waals surface area contributed by atoms with Crippen molar-refractivity contribution in [3.05, 3.63) is 58.4 Å². The number of rotatable bonds is 7. The van der Waals surface area contributed by atoms with Gasteiger partial charge >= 0.3 is 5.97 Å². The molecule has 0 saturated heterocycles. The number of ether oxygens (including phenoxy) is 2. The molecular formula is C21H23FO4. The highest BCUT2D eigenvalue weighted by atomic mass is 19.1. The molecule has 2 aromatic carbocycles. The first-order chi connectivity index (χ1) is 12.5. The second-order valence-electron chi connectivity index (χ2n) is 6.58. The number of carbonyl (C=O) groups excluding carboxylic acids is 1. The molecule has 1 fully saturated rings. The van der Waals surface area contributed by atoms with Crippen molar-refractivity contribution < 1.29 is 23.8 Å². The van der Waals surface area contributed by atoms with E-state index in [9.17, 15) is 14.3 Å². The molecule has 138 valence electrons. The first kappa shape index (κ1) is 18.4. The number of hydrogen-bond donors (Lipinski definition) is 1. The van der Waals surface area contributed by atoms with Gasteiger partial charge in [0.2, 0.25) is 0 Å². The van der Waals surface area contributed by atoms with Crippen molar-refractivity contribution in [2.24, 2.45) is 0 Å². The summed E-state index contributed by atoms with van der Waals surface area (Å²) in [6, 6.07) is 8.40. The summed E-state index contributed by atoms with van der Waals surface area (Å²) in [5.74, 6) is 0.619. The molecule has 0 amide bonds. The third-order valence-electron chi connectivity index (χ3n) is 4.59. The van der Waals surface area contributed by atoms with Gasteiger partial charge in [0.1, 0.15) is 23.9 Å². The molecule has 0 unspecified atom stereocenters. The molecule has 0 radical (unpaired) electrons. The van der Waals surface area contributed by atoms with Gasteiger partial charge < -0.3 is 14.6 Å². The predicted molar refractivity (Wildman–Crippen MR) is 95.7 cm³/mol. The van der Waals surface area contributed by atoms with Gasteiger partial charge in [-0.2, -0.15) is 0 Å². The van der Waals surface area contributed by atoms with Gasteiger partial charge in [0.25, 0.3) is 0 Å². The molecule has 0 aromatic heterocycles. The van der Waals surface area contributed by atoms with Gasteiger partial charge in [-0.1, -0.05) is 19.1 Å². The zero-order valence-corrected chi connectivity index (χ0v) is 15.0. The van der Waals surface area contributed by atoms with Crippen LogP contribution in [0.4, 0.5) is 4.39 Å². The van der Waals surface area contributed by atoms with E-state index in [0.29, 0.717) is 34.1 Å². The summed E-state index contributed by atoms with van der Waals surface area (Å²) < 4.78 is 25.3. The fraction of sp³-hybridized carbons (Fsp3) is 0.381. The Morgan fingerprint density at radius 3 is 2.69 bits per heavy atom. The van der Waals surface area contributed by atoms with Crippen LogP contribution in [0.3, 0.4) is 0 Å². The lowest BCUT2D eigenvalue weighted by molar-refractivity contribution is -0.134. The third-order valence-corrected chi connectivity index (χ3v) is 4.59. The van der Waals surface area contributed by atoms with E-state index in [1.54, 1.807) is 32.0 Å². The zero-order chi connectivity index (χ0) is 18.7. The van der Waals surface area contributed by atoms with Crippen LogP contribution < -0.4 is 9.47 Å². The summed E-state index contributed by atoms with van der Waals surface area (Å²) in [6.45, 7) is 3.35. The van der Waals surface area contributed by atoms with E-state index in [0.717, 1.165) is 18.4 Å². The van der Waals surface area contributed by atoms with Crippen molar-refractivity contribution in [3.63, 3.8) is 0 Å². The molecule has 0 atom stereocenters. The van der Waals surface area contributed by atoms with Crippen molar-refractivity contribution in [3.8, 4) is 11.5 Å². The van der Waals surface area contributed by atoms with Crippen LogP contribution >= 0.6 is 0 Å². The van der Waals surface area contributed by atoms with E-state index in [1.807, 2.05) is 6.07 Å². The lowest BCUT2D eigenvalue weighted by Gasteiger charge is -2.17. The lowest BCUT2D eigenvalue weighted by Crippen LogP contribution is -2.11. The van der Waals surface area contributed by atoms with E-state index in [-0.39, 0.29) is 31.4 Å². The van der Waals surface area contributed by atoms with Crippen LogP contribution in [0, 0.1) is 12.7 Å². The van der Waals surface area contributed by atoms with Crippen LogP contribution in [-0.2, 0) is 18.0 Å². The van der Waals surface area contributed by atoms with Gasteiger partial charge in [0, 0.05) is 18.1 Å². The molecule has 0 heterocycles. The van der Waals surface area contributed by atoms with Crippen LogP contribution in [0.2, 0.25) is 0 Å². The molecular weight excluding hydrogens is 335 g/mol. The van der Waals surface area contributed by atoms with Gasteiger partial charge in [-0.15, -0.1) is 0 Å². The molecule has 3 rings (SSSR count). The summed E-state index contributed by atoms with van der Waals surface area (Å²) in [4.78, 5) is 11.7. The highest BCUT2D eigenvalue weighted by molar-refractivity contribution is 5.72. The molecule has 2 aromatic rings. The first-order valence-electron chi connectivity index (χ1n) is 8.88. The summed E-state index contributed by atoms with van der Waals surface area (Å²) >= 11 is 0. The first-order valence-corrected chi connectivity index (χ1v) is 8.88. The van der Waals surface area contributed by atoms with E-state index in [2.05, 4.69) is 0 Å².